The number of rotatable bonds is 0. The molecule has 0 fully saturated rings. The highest BCUT2D eigenvalue weighted by molar-refractivity contribution is 6.05. The maximum Gasteiger partial charge on any atom is 0.0708 e. The lowest BCUT2D eigenvalue weighted by molar-refractivity contribution is 0.934. The minimum absolute atomic E-state index is 1.06. The number of hydrogen-bond acceptors (Lipinski definition) is 1. The second kappa shape index (κ2) is 2.58. The Bertz CT molecular complexity index is 608. The Labute approximate surface area is 81.8 Å². The lowest BCUT2D eigenvalue weighted by Gasteiger charge is -1.96. The summed E-state index contributed by atoms with van der Waals surface area (Å²) in [6, 6.07) is 8.28. The van der Waals surface area contributed by atoms with Crippen molar-refractivity contribution in [1.29, 1.82) is 0 Å². The Balaban J connectivity index is 2.60. The van der Waals surface area contributed by atoms with E-state index in [1.54, 1.807) is 0 Å². The van der Waals surface area contributed by atoms with Crippen molar-refractivity contribution >= 4 is 21.7 Å². The molecule has 2 nitrogen and oxygen atoms in total. The molecule has 1 aromatic carbocycles. The molecule has 2 heterocycles. The number of nitrogens with zero attached hydrogens (tertiary/aromatic N) is 2. The average molecular weight is 182 g/mol. The SMILES string of the molecule is Cn1cc2ccc3ncccc3c2c1. The summed E-state index contributed by atoms with van der Waals surface area (Å²) in [6.07, 6.45) is 6.10. The topological polar surface area (TPSA) is 17.8 Å². The number of aromatic nitrogens is 2. The molecule has 0 atom stereocenters. The van der Waals surface area contributed by atoms with Crippen LogP contribution in [0.5, 0.6) is 0 Å². The van der Waals surface area contributed by atoms with Gasteiger partial charge in [-0.05, 0) is 12.1 Å². The Morgan fingerprint density at radius 1 is 1.07 bits per heavy atom. The zero-order chi connectivity index (χ0) is 9.54. The van der Waals surface area contributed by atoms with E-state index in [0.29, 0.717) is 0 Å². The van der Waals surface area contributed by atoms with Crippen LogP contribution in [0.1, 0.15) is 0 Å². The monoisotopic (exact) mass is 182 g/mol. The van der Waals surface area contributed by atoms with Crippen LogP contribution in [-0.4, -0.2) is 9.55 Å². The first-order valence-electron chi connectivity index (χ1n) is 4.64. The fourth-order valence-corrected chi connectivity index (χ4v) is 1.91. The molecule has 0 bridgehead atoms. The highest BCUT2D eigenvalue weighted by Crippen LogP contribution is 2.23. The van der Waals surface area contributed by atoms with Crippen LogP contribution >= 0.6 is 0 Å². The van der Waals surface area contributed by atoms with Gasteiger partial charge >= 0.3 is 0 Å². The van der Waals surface area contributed by atoms with Crippen LogP contribution in [0.4, 0.5) is 0 Å². The van der Waals surface area contributed by atoms with Crippen molar-refractivity contribution in [2.45, 2.75) is 0 Å². The molecule has 3 aromatic rings. The second-order valence-electron chi connectivity index (χ2n) is 3.56. The standard InChI is InChI=1S/C12H10N2/c1-14-7-9-4-5-12-10(11(9)8-14)3-2-6-13-12/h2-8H,1H3. The van der Waals surface area contributed by atoms with E-state index in [4.69, 9.17) is 0 Å². The zero-order valence-corrected chi connectivity index (χ0v) is 7.94. The smallest absolute Gasteiger partial charge is 0.0708 e. The average Bonchev–Trinajstić information content (AvgIpc) is 2.59. The maximum absolute atomic E-state index is 4.33. The summed E-state index contributed by atoms with van der Waals surface area (Å²) >= 11 is 0. The minimum atomic E-state index is 1.06. The molecule has 0 aliphatic carbocycles. The third-order valence-corrected chi connectivity index (χ3v) is 2.54. The van der Waals surface area contributed by atoms with Crippen molar-refractivity contribution in [2.75, 3.05) is 0 Å². The molecule has 0 aliphatic heterocycles. The van der Waals surface area contributed by atoms with E-state index >= 15 is 0 Å². The van der Waals surface area contributed by atoms with Crippen LogP contribution in [0.25, 0.3) is 21.7 Å². The number of hydrogen-bond donors (Lipinski definition) is 0. The van der Waals surface area contributed by atoms with Gasteiger partial charge < -0.3 is 4.57 Å². The molecular weight excluding hydrogens is 172 g/mol. The largest absolute Gasteiger partial charge is 0.356 e. The van der Waals surface area contributed by atoms with Crippen LogP contribution in [0.15, 0.2) is 42.9 Å². The fourth-order valence-electron chi connectivity index (χ4n) is 1.91. The third kappa shape index (κ3) is 0.940. The Morgan fingerprint density at radius 3 is 2.93 bits per heavy atom. The van der Waals surface area contributed by atoms with Crippen molar-refractivity contribution in [3.05, 3.63) is 42.9 Å². The summed E-state index contributed by atoms with van der Waals surface area (Å²) in [5.74, 6) is 0. The quantitative estimate of drug-likeness (QED) is 0.522. The fraction of sp³-hybridized carbons (Fsp3) is 0.0833. The summed E-state index contributed by atoms with van der Waals surface area (Å²) < 4.78 is 2.08. The predicted molar refractivity (Wildman–Crippen MR) is 58.2 cm³/mol. The van der Waals surface area contributed by atoms with Crippen LogP contribution < -0.4 is 0 Å². The van der Waals surface area contributed by atoms with E-state index < -0.39 is 0 Å². The molecule has 0 saturated heterocycles. The highest BCUT2D eigenvalue weighted by Gasteiger charge is 2.01. The normalized spacial score (nSPS) is 11.2. The van der Waals surface area contributed by atoms with Gasteiger partial charge in [0.15, 0.2) is 0 Å². The van der Waals surface area contributed by atoms with Crippen molar-refractivity contribution in [3.8, 4) is 0 Å². The Hall–Kier alpha value is -1.83. The Morgan fingerprint density at radius 2 is 2.00 bits per heavy atom. The lowest BCUT2D eigenvalue weighted by Crippen LogP contribution is -1.77. The van der Waals surface area contributed by atoms with Crippen LogP contribution in [-0.2, 0) is 7.05 Å². The van der Waals surface area contributed by atoms with Crippen molar-refractivity contribution < 1.29 is 0 Å². The van der Waals surface area contributed by atoms with Gasteiger partial charge in [0.05, 0.1) is 5.52 Å². The number of benzene rings is 1. The molecule has 0 spiro atoms. The first-order valence-corrected chi connectivity index (χ1v) is 4.64. The van der Waals surface area contributed by atoms with Crippen molar-refractivity contribution in [3.63, 3.8) is 0 Å². The van der Waals surface area contributed by atoms with Gasteiger partial charge in [0.25, 0.3) is 0 Å². The zero-order valence-electron chi connectivity index (χ0n) is 7.94. The molecule has 0 saturated carbocycles. The minimum Gasteiger partial charge on any atom is -0.356 e. The van der Waals surface area contributed by atoms with E-state index in [2.05, 4.69) is 40.1 Å². The number of pyridine rings is 1. The van der Waals surface area contributed by atoms with Crippen molar-refractivity contribution in [2.24, 2.45) is 7.05 Å². The van der Waals surface area contributed by atoms with Crippen LogP contribution in [0, 0.1) is 0 Å². The summed E-state index contributed by atoms with van der Waals surface area (Å²) in [4.78, 5) is 4.33. The molecular formula is C12H10N2. The molecule has 2 aromatic heterocycles. The predicted octanol–water partition coefficient (Wildman–Crippen LogP) is 2.73. The molecule has 0 N–H and O–H groups in total. The van der Waals surface area contributed by atoms with Crippen LogP contribution in [0.2, 0.25) is 0 Å². The third-order valence-electron chi connectivity index (χ3n) is 2.54. The van der Waals surface area contributed by atoms with Gasteiger partial charge in [0.2, 0.25) is 0 Å². The maximum atomic E-state index is 4.33. The highest BCUT2D eigenvalue weighted by atomic mass is 14.9. The molecule has 14 heavy (non-hydrogen) atoms. The van der Waals surface area contributed by atoms with E-state index in [1.165, 1.54) is 16.2 Å². The van der Waals surface area contributed by atoms with Gasteiger partial charge in [-0.1, -0.05) is 12.1 Å². The van der Waals surface area contributed by atoms with E-state index in [-0.39, 0.29) is 0 Å². The summed E-state index contributed by atoms with van der Waals surface area (Å²) in [5, 5.41) is 3.77. The van der Waals surface area contributed by atoms with E-state index in [1.807, 2.05) is 19.3 Å². The van der Waals surface area contributed by atoms with Crippen LogP contribution in [0.3, 0.4) is 0 Å². The molecule has 2 heteroatoms. The molecule has 3 rings (SSSR count). The van der Waals surface area contributed by atoms with Crippen molar-refractivity contribution in [1.82, 2.24) is 9.55 Å². The summed E-state index contributed by atoms with van der Waals surface area (Å²) in [6.45, 7) is 0. The van der Waals surface area contributed by atoms with Gasteiger partial charge in [-0.25, -0.2) is 0 Å². The van der Waals surface area contributed by atoms with Gasteiger partial charge in [-0.3, -0.25) is 4.98 Å². The van der Waals surface area contributed by atoms with Gasteiger partial charge in [-0.15, -0.1) is 0 Å². The molecule has 0 unspecified atom stereocenters. The first kappa shape index (κ1) is 7.56. The second-order valence-corrected chi connectivity index (χ2v) is 3.56. The number of aryl methyl sites for hydroxylation is 1. The summed E-state index contributed by atoms with van der Waals surface area (Å²) in [5.41, 5.74) is 1.06. The van der Waals surface area contributed by atoms with E-state index in [9.17, 15) is 0 Å². The van der Waals surface area contributed by atoms with E-state index in [0.717, 1.165) is 5.52 Å². The summed E-state index contributed by atoms with van der Waals surface area (Å²) in [7, 11) is 2.04. The molecule has 0 aliphatic rings. The van der Waals surface area contributed by atoms with Gasteiger partial charge in [0.1, 0.15) is 0 Å². The number of fused-ring (bicyclic) bond motifs is 3. The first-order chi connectivity index (χ1) is 6.84. The lowest BCUT2D eigenvalue weighted by atomic mass is 10.1. The molecule has 0 amide bonds. The van der Waals surface area contributed by atoms with Gasteiger partial charge in [0, 0.05) is 41.8 Å². The Kier molecular flexibility index (Phi) is 1.39. The molecule has 0 radical (unpaired) electrons. The van der Waals surface area contributed by atoms with Gasteiger partial charge in [-0.2, -0.15) is 0 Å². The molecule has 68 valence electrons.